The summed E-state index contributed by atoms with van der Waals surface area (Å²) in [5, 5.41) is 38.4. The summed E-state index contributed by atoms with van der Waals surface area (Å²) in [4.78, 5) is 181. The lowest BCUT2D eigenvalue weighted by atomic mass is 10.0. The van der Waals surface area contributed by atoms with Crippen LogP contribution in [0.25, 0.3) is 0 Å². The second-order valence-electron chi connectivity index (χ2n) is 23.9. The van der Waals surface area contributed by atoms with Crippen molar-refractivity contribution in [1.29, 1.82) is 0 Å². The van der Waals surface area contributed by atoms with Crippen LogP contribution in [0.4, 0.5) is 0 Å². The number of benzene rings is 2. The summed E-state index contributed by atoms with van der Waals surface area (Å²) in [7, 11) is 0. The average molecular weight is 1350 g/mol. The second kappa shape index (κ2) is 39.7. The summed E-state index contributed by atoms with van der Waals surface area (Å²) < 4.78 is 0. The lowest BCUT2D eigenvalue weighted by Gasteiger charge is -2.25. The molecule has 1 aliphatic heterocycles. The maximum atomic E-state index is 13.6. The Kier molecular flexibility index (Phi) is 33.5. The Morgan fingerprint density at radius 3 is 1.65 bits per heavy atom. The molecule has 0 aromatic heterocycles. The van der Waals surface area contributed by atoms with Crippen molar-refractivity contribution in [3.63, 3.8) is 0 Å². The minimum Gasteiger partial charge on any atom is -0.508 e. The molecule has 0 spiro atoms. The number of aromatic hydroxyl groups is 1. The van der Waals surface area contributed by atoms with Gasteiger partial charge in [0.2, 0.25) is 82.7 Å². The van der Waals surface area contributed by atoms with E-state index in [-0.39, 0.29) is 75.1 Å². The van der Waals surface area contributed by atoms with E-state index in [0.29, 0.717) is 43.2 Å². The zero-order chi connectivity index (χ0) is 68.8. The number of primary amides is 2. The van der Waals surface area contributed by atoms with Crippen LogP contribution in [0.1, 0.15) is 124 Å². The standard InChI is InChI=1S/C62H93BrN14O15/c1-34(2)27-43(54(64)84)74-60(90)46(29-39-17-11-9-12-18-39)73-49(82)32-67-48(81)31-69-57(87)45(30-40-21-23-41(79)24-22-40)72-47(80)20-13-10-16-26-77-61(91)51(63)53(62(77)92)66-25-15-14-19-42(71-38(8)78)58(88)75-44(28-35(3)4)59(89)70-37(7)56(86)68-33-50(83)76-52(36(5)6)55(65)85/h9,11-12,17-18,21-24,34-37,42-46,51-53,66,79H,10,13-16,19-20,25-33H2,1-8H3,(H2,64,84)(H2,65,85)(H,67,81)(H,68,86)(H,69,87)(H,70,89)(H,71,78)(H,72,80)(H,73,82)(H,74,90)(H,75,88)(H,76,83)/t37-,42-,43-,44-,45-,46-,51?,52-,53?/m0/s1. The molecular formula is C62H93BrN14O15. The molecule has 92 heavy (non-hydrogen) atoms. The molecule has 9 atom stereocenters. The van der Waals surface area contributed by atoms with Crippen LogP contribution in [-0.4, -0.2) is 179 Å². The molecule has 14 amide bonds. The molecule has 2 aromatic carbocycles. The van der Waals surface area contributed by atoms with E-state index < -0.39 is 155 Å². The number of amides is 14. The van der Waals surface area contributed by atoms with Crippen molar-refractivity contribution in [2.24, 2.45) is 29.2 Å². The van der Waals surface area contributed by atoms with E-state index >= 15 is 0 Å². The number of likely N-dealkylation sites (tertiary alicyclic amines) is 1. The number of imide groups is 1. The molecule has 2 unspecified atom stereocenters. The van der Waals surface area contributed by atoms with Gasteiger partial charge in [-0.1, -0.05) is 106 Å². The van der Waals surface area contributed by atoms with Gasteiger partial charge in [0.15, 0.2) is 0 Å². The van der Waals surface area contributed by atoms with Crippen molar-refractivity contribution < 1.29 is 72.2 Å². The fraction of sp³-hybridized carbons (Fsp3) is 0.581. The van der Waals surface area contributed by atoms with Crippen LogP contribution in [0.15, 0.2) is 54.6 Å². The largest absolute Gasteiger partial charge is 0.508 e. The van der Waals surface area contributed by atoms with Crippen molar-refractivity contribution >= 4 is 98.6 Å². The Labute approximate surface area is 544 Å². The number of nitrogens with two attached hydrogens (primary N) is 2. The van der Waals surface area contributed by atoms with Gasteiger partial charge in [-0.15, -0.1) is 0 Å². The van der Waals surface area contributed by atoms with Gasteiger partial charge in [-0.25, -0.2) is 0 Å². The number of phenols is 1. The molecule has 3 rings (SSSR count). The van der Waals surface area contributed by atoms with E-state index in [4.69, 9.17) is 11.5 Å². The van der Waals surface area contributed by atoms with Crippen molar-refractivity contribution in [1.82, 2.24) is 63.4 Å². The van der Waals surface area contributed by atoms with Gasteiger partial charge in [0.25, 0.3) is 0 Å². The van der Waals surface area contributed by atoms with Gasteiger partial charge in [0.05, 0.1) is 19.6 Å². The van der Waals surface area contributed by atoms with Gasteiger partial charge >= 0.3 is 0 Å². The van der Waals surface area contributed by atoms with E-state index in [1.54, 1.807) is 56.3 Å². The molecule has 0 saturated carbocycles. The summed E-state index contributed by atoms with van der Waals surface area (Å²) in [6.45, 7) is 12.0. The maximum Gasteiger partial charge on any atom is 0.248 e. The molecule has 30 heteroatoms. The van der Waals surface area contributed by atoms with Gasteiger partial charge < -0.3 is 75.1 Å². The van der Waals surface area contributed by atoms with Crippen LogP contribution >= 0.6 is 15.9 Å². The first-order valence-electron chi connectivity index (χ1n) is 30.9. The van der Waals surface area contributed by atoms with E-state index in [1.807, 2.05) is 27.7 Å². The average Bonchev–Trinajstić information content (AvgIpc) is 1.67. The topological polar surface area (TPSA) is 447 Å². The summed E-state index contributed by atoms with van der Waals surface area (Å²) in [6, 6.07) is 6.26. The monoisotopic (exact) mass is 1350 g/mol. The van der Waals surface area contributed by atoms with E-state index in [2.05, 4.69) is 74.4 Å². The van der Waals surface area contributed by atoms with Crippen molar-refractivity contribution in [3.8, 4) is 5.75 Å². The van der Waals surface area contributed by atoms with Crippen LogP contribution in [0.3, 0.4) is 0 Å². The molecule has 1 aliphatic rings. The number of nitrogens with zero attached hydrogens (tertiary/aromatic N) is 1. The first-order valence-corrected chi connectivity index (χ1v) is 31.8. The molecule has 508 valence electrons. The van der Waals surface area contributed by atoms with Crippen LogP contribution < -0.4 is 70.0 Å². The van der Waals surface area contributed by atoms with Gasteiger partial charge in [0.1, 0.15) is 58.9 Å². The molecule has 1 fully saturated rings. The Hall–Kier alpha value is -8.54. The lowest BCUT2D eigenvalue weighted by Crippen LogP contribution is -2.57. The van der Waals surface area contributed by atoms with Crippen molar-refractivity contribution in [3.05, 3.63) is 65.7 Å². The highest BCUT2D eigenvalue weighted by atomic mass is 79.9. The Balaban J connectivity index is 1.48. The SMILES string of the molecule is CC(=O)N[C@@H](CCCCNC1C(=O)N(CCCCCC(=O)N[C@@H](Cc2ccc(O)cc2)C(=O)NCC(=O)NCC(=O)N[C@@H](Cc2ccccc2)C(=O)N[C@@H](CC(C)C)C(N)=O)C(=O)C1Br)C(=O)N[C@@H](CC(C)C)C(=O)N[C@@H](C)C(=O)NCC(=O)N[C@H](C(N)=O)C(C)C. The highest BCUT2D eigenvalue weighted by Crippen LogP contribution is 2.22. The molecule has 29 nitrogen and oxygen atoms in total. The highest BCUT2D eigenvalue weighted by Gasteiger charge is 2.45. The number of unbranched alkanes of at least 4 members (excludes halogenated alkanes) is 3. The minimum absolute atomic E-state index is 0.0208. The fourth-order valence-electron chi connectivity index (χ4n) is 9.72. The van der Waals surface area contributed by atoms with Gasteiger partial charge in [-0.05, 0) is 99.4 Å². The Bertz CT molecular complexity index is 2880. The quantitative estimate of drug-likeness (QED) is 0.0205. The van der Waals surface area contributed by atoms with E-state index in [9.17, 15) is 72.2 Å². The number of carbonyl (C=O) groups is 14. The summed E-state index contributed by atoms with van der Waals surface area (Å²) in [6.07, 6.45) is 2.38. The third-order valence-corrected chi connectivity index (χ3v) is 15.5. The second-order valence-corrected chi connectivity index (χ2v) is 24.9. The van der Waals surface area contributed by atoms with Crippen molar-refractivity contribution in [2.45, 2.75) is 179 Å². The Morgan fingerprint density at radius 1 is 0.522 bits per heavy atom. The number of carbonyl (C=O) groups excluding carboxylic acids is 14. The highest BCUT2D eigenvalue weighted by molar-refractivity contribution is 9.10. The zero-order valence-electron chi connectivity index (χ0n) is 53.6. The third-order valence-electron chi connectivity index (χ3n) is 14.6. The van der Waals surface area contributed by atoms with Gasteiger partial charge in [-0.3, -0.25) is 72.0 Å². The van der Waals surface area contributed by atoms with Crippen LogP contribution in [0.5, 0.6) is 5.75 Å². The van der Waals surface area contributed by atoms with E-state index in [0.717, 1.165) is 4.90 Å². The Morgan fingerprint density at radius 2 is 1.05 bits per heavy atom. The van der Waals surface area contributed by atoms with Crippen LogP contribution in [-0.2, 0) is 80.0 Å². The molecule has 0 radical (unpaired) electrons. The number of rotatable bonds is 41. The molecule has 1 saturated heterocycles. The smallest absolute Gasteiger partial charge is 0.248 e. The number of phenolic OH excluding ortho intramolecular Hbond substituents is 1. The number of hydrogen-bond acceptors (Lipinski definition) is 16. The predicted molar refractivity (Wildman–Crippen MR) is 342 cm³/mol. The molecule has 2 aromatic rings. The molecule has 1 heterocycles. The molecule has 16 N–H and O–H groups in total. The molecule has 0 aliphatic carbocycles. The maximum absolute atomic E-state index is 13.6. The number of hydrogen-bond donors (Lipinski definition) is 14. The normalized spacial score (nSPS) is 16.0. The summed E-state index contributed by atoms with van der Waals surface area (Å²) in [5.74, 6) is -9.41. The molecule has 0 bridgehead atoms. The first-order chi connectivity index (χ1) is 43.4. The fourth-order valence-corrected chi connectivity index (χ4v) is 10.4. The first kappa shape index (κ1) is 77.7. The van der Waals surface area contributed by atoms with Gasteiger partial charge in [0, 0.05) is 32.7 Å². The zero-order valence-corrected chi connectivity index (χ0v) is 55.2. The number of nitrogens with one attached hydrogen (secondary N) is 11. The lowest BCUT2D eigenvalue weighted by molar-refractivity contribution is -0.139. The van der Waals surface area contributed by atoms with Crippen LogP contribution in [0, 0.1) is 17.8 Å². The summed E-state index contributed by atoms with van der Waals surface area (Å²) >= 11 is 3.34. The predicted octanol–water partition coefficient (Wildman–Crippen LogP) is -1.50. The molecular weight excluding hydrogens is 1260 g/mol. The number of alkyl halides is 1. The van der Waals surface area contributed by atoms with Crippen LogP contribution in [0.2, 0.25) is 0 Å². The van der Waals surface area contributed by atoms with Gasteiger partial charge in [-0.2, -0.15) is 0 Å². The third kappa shape index (κ3) is 28.3. The number of halogens is 1. The minimum atomic E-state index is -1.18. The van der Waals surface area contributed by atoms with Crippen molar-refractivity contribution in [2.75, 3.05) is 32.7 Å². The summed E-state index contributed by atoms with van der Waals surface area (Å²) in [5.41, 5.74) is 12.2. The van der Waals surface area contributed by atoms with E-state index in [1.165, 1.54) is 26.0 Å².